The smallest absolute Gasteiger partial charge is 0.264 e. The maximum atomic E-state index is 12.0. The Bertz CT molecular complexity index is 1530. The van der Waals surface area contributed by atoms with E-state index < -0.39 is 15.5 Å². The highest BCUT2D eigenvalue weighted by Gasteiger charge is 2.29. The number of anilines is 2. The number of nitrogens with one attached hydrogen (secondary N) is 1. The number of carbonyl (C=O) groups is 1. The van der Waals surface area contributed by atoms with E-state index in [2.05, 4.69) is 36.9 Å². The fourth-order valence-electron chi connectivity index (χ4n) is 3.74. The van der Waals surface area contributed by atoms with Crippen LogP contribution in [0.15, 0.2) is 28.4 Å². The maximum absolute atomic E-state index is 12.0. The highest BCUT2D eigenvalue weighted by atomic mass is 32.2. The van der Waals surface area contributed by atoms with Gasteiger partial charge in [0.15, 0.2) is 5.82 Å². The van der Waals surface area contributed by atoms with E-state index in [9.17, 15) is 18.5 Å². The fourth-order valence-corrected chi connectivity index (χ4v) is 4.88. The van der Waals surface area contributed by atoms with Crippen LogP contribution in [0.2, 0.25) is 0 Å². The van der Waals surface area contributed by atoms with Crippen molar-refractivity contribution in [2.75, 3.05) is 29.1 Å². The summed E-state index contributed by atoms with van der Waals surface area (Å²) >= 11 is 1.30. The highest BCUT2D eigenvalue weighted by Crippen LogP contribution is 2.36. The largest absolute Gasteiger partial charge is 0.372 e. The molecular formula is C24H31N9O4S2. The van der Waals surface area contributed by atoms with Gasteiger partial charge in [0.1, 0.15) is 22.3 Å². The molecule has 0 aliphatic heterocycles. The number of hydrogen-bond donors (Lipinski definition) is 2. The van der Waals surface area contributed by atoms with Crippen molar-refractivity contribution in [2.45, 2.75) is 53.4 Å². The van der Waals surface area contributed by atoms with E-state index in [4.69, 9.17) is 4.55 Å². The molecule has 2 aromatic heterocycles. The van der Waals surface area contributed by atoms with Crippen molar-refractivity contribution >= 4 is 50.2 Å². The average molecular weight is 574 g/mol. The summed E-state index contributed by atoms with van der Waals surface area (Å²) in [7, 11) is -4.06. The summed E-state index contributed by atoms with van der Waals surface area (Å²) in [6.45, 7) is 11.8. The van der Waals surface area contributed by atoms with Gasteiger partial charge in [0.25, 0.3) is 10.1 Å². The molecule has 15 heteroatoms. The molecule has 1 amide bonds. The SMILES string of the molecule is CCN(CCCS(=O)(=O)O)c1ccc(/N=N/c2c(C#N)c(C(C)(C)C)nn2-c2nnc(C)s2)c(NC(C)=O)c1. The molecule has 0 atom stereocenters. The summed E-state index contributed by atoms with van der Waals surface area (Å²) < 4.78 is 32.7. The molecule has 0 bridgehead atoms. The molecule has 0 aliphatic carbocycles. The van der Waals surface area contributed by atoms with Crippen molar-refractivity contribution in [1.29, 1.82) is 5.26 Å². The van der Waals surface area contributed by atoms with Crippen LogP contribution < -0.4 is 10.2 Å². The summed E-state index contributed by atoms with van der Waals surface area (Å²) in [6, 6.07) is 7.35. The monoisotopic (exact) mass is 573 g/mol. The van der Waals surface area contributed by atoms with E-state index in [0.29, 0.717) is 35.3 Å². The van der Waals surface area contributed by atoms with E-state index in [1.807, 2.05) is 39.5 Å². The molecule has 2 heterocycles. The van der Waals surface area contributed by atoms with Crippen LogP contribution in [-0.4, -0.2) is 57.7 Å². The van der Waals surface area contributed by atoms with Crippen molar-refractivity contribution in [3.05, 3.63) is 34.5 Å². The molecule has 39 heavy (non-hydrogen) atoms. The molecule has 1 aromatic carbocycles. The zero-order chi connectivity index (χ0) is 29.0. The van der Waals surface area contributed by atoms with Crippen LogP contribution in [0.5, 0.6) is 0 Å². The Hall–Kier alpha value is -3.74. The van der Waals surface area contributed by atoms with Crippen LogP contribution in [0.3, 0.4) is 0 Å². The van der Waals surface area contributed by atoms with Crippen molar-refractivity contribution in [3.8, 4) is 11.2 Å². The third kappa shape index (κ3) is 7.65. The van der Waals surface area contributed by atoms with Gasteiger partial charge in [-0.2, -0.15) is 23.5 Å². The predicted octanol–water partition coefficient (Wildman–Crippen LogP) is 4.68. The van der Waals surface area contributed by atoms with Crippen LogP contribution >= 0.6 is 11.3 Å². The molecule has 0 aliphatic rings. The molecule has 0 saturated heterocycles. The lowest BCUT2D eigenvalue weighted by atomic mass is 9.90. The molecule has 3 rings (SSSR count). The Labute approximate surface area is 231 Å². The van der Waals surface area contributed by atoms with Crippen LogP contribution in [0.1, 0.15) is 57.3 Å². The second-order valence-corrected chi connectivity index (χ2v) is 12.5. The Morgan fingerprint density at radius 1 is 1.28 bits per heavy atom. The summed E-state index contributed by atoms with van der Waals surface area (Å²) in [4.78, 5) is 13.9. The van der Waals surface area contributed by atoms with Crippen molar-refractivity contribution in [2.24, 2.45) is 10.2 Å². The van der Waals surface area contributed by atoms with Crippen LogP contribution in [0, 0.1) is 18.3 Å². The fraction of sp³-hybridized carbons (Fsp3) is 0.458. The molecule has 0 spiro atoms. The minimum absolute atomic E-state index is 0.192. The average Bonchev–Trinajstić information content (AvgIpc) is 3.43. The first kappa shape index (κ1) is 29.8. The zero-order valence-electron chi connectivity index (χ0n) is 22.6. The van der Waals surface area contributed by atoms with Gasteiger partial charge in [0.05, 0.1) is 17.1 Å². The number of azo groups is 1. The Morgan fingerprint density at radius 2 is 2.00 bits per heavy atom. The summed E-state index contributed by atoms with van der Waals surface area (Å²) in [5.74, 6) is -0.481. The number of rotatable bonds is 10. The second kappa shape index (κ2) is 12.0. The molecule has 0 fully saturated rings. The van der Waals surface area contributed by atoms with Gasteiger partial charge in [-0.05, 0) is 38.5 Å². The lowest BCUT2D eigenvalue weighted by molar-refractivity contribution is -0.114. The van der Waals surface area contributed by atoms with Gasteiger partial charge in [0.2, 0.25) is 11.0 Å². The first-order valence-corrected chi connectivity index (χ1v) is 14.5. The maximum Gasteiger partial charge on any atom is 0.264 e. The van der Waals surface area contributed by atoms with Gasteiger partial charge in [-0.1, -0.05) is 32.1 Å². The molecular weight excluding hydrogens is 542 g/mol. The van der Waals surface area contributed by atoms with Crippen LogP contribution in [-0.2, 0) is 20.3 Å². The van der Waals surface area contributed by atoms with E-state index >= 15 is 0 Å². The van der Waals surface area contributed by atoms with E-state index in [-0.39, 0.29) is 29.5 Å². The standard InChI is InChI=1S/C24H31N9O4S2/c1-7-32(11-8-12-39(35,36)37)17-9-10-19(20(13-17)26-15(2)34)28-29-22-18(14-25)21(24(4,5)6)31-33(22)23-30-27-16(3)38-23/h9-10,13H,7-8,11-12H2,1-6H3,(H,26,34)(H,35,36,37)/b29-28+. The number of aryl methyl sites for hydroxylation is 1. The summed E-state index contributed by atoms with van der Waals surface area (Å²) in [5.41, 5.74) is 1.77. The Morgan fingerprint density at radius 3 is 2.54 bits per heavy atom. The van der Waals surface area contributed by atoms with Crippen LogP contribution in [0.4, 0.5) is 22.9 Å². The summed E-state index contributed by atoms with van der Waals surface area (Å²) in [5, 5.41) is 35.5. The Kier molecular flexibility index (Phi) is 9.15. The number of nitriles is 1. The quantitative estimate of drug-likeness (QED) is 0.257. The predicted molar refractivity (Wildman–Crippen MR) is 149 cm³/mol. The van der Waals surface area contributed by atoms with E-state index in [1.165, 1.54) is 22.9 Å². The van der Waals surface area contributed by atoms with Gasteiger partial charge in [-0.15, -0.1) is 20.4 Å². The summed E-state index contributed by atoms with van der Waals surface area (Å²) in [6.07, 6.45) is 0.228. The van der Waals surface area contributed by atoms with Crippen molar-refractivity contribution in [1.82, 2.24) is 20.0 Å². The molecule has 13 nitrogen and oxygen atoms in total. The molecule has 0 saturated carbocycles. The van der Waals surface area contributed by atoms with Crippen molar-refractivity contribution in [3.63, 3.8) is 0 Å². The van der Waals surface area contributed by atoms with Crippen LogP contribution in [0.25, 0.3) is 5.13 Å². The lowest BCUT2D eigenvalue weighted by Crippen LogP contribution is -2.25. The molecule has 0 radical (unpaired) electrons. The first-order valence-electron chi connectivity index (χ1n) is 12.1. The normalized spacial score (nSPS) is 12.1. The zero-order valence-corrected chi connectivity index (χ0v) is 24.3. The first-order chi connectivity index (χ1) is 18.2. The third-order valence-corrected chi connectivity index (χ3v) is 7.12. The van der Waals surface area contributed by atoms with Crippen molar-refractivity contribution < 1.29 is 17.8 Å². The number of aromatic nitrogens is 4. The highest BCUT2D eigenvalue weighted by molar-refractivity contribution is 7.85. The van der Waals surface area contributed by atoms with Gasteiger partial charge in [-0.25, -0.2) is 0 Å². The third-order valence-electron chi connectivity index (χ3n) is 5.50. The molecule has 3 aromatic rings. The second-order valence-electron chi connectivity index (χ2n) is 9.73. The van der Waals surface area contributed by atoms with Gasteiger partial charge in [-0.3, -0.25) is 9.35 Å². The minimum Gasteiger partial charge on any atom is -0.372 e. The number of nitrogens with zero attached hydrogens (tertiary/aromatic N) is 8. The van der Waals surface area contributed by atoms with E-state index in [1.54, 1.807) is 18.2 Å². The van der Waals surface area contributed by atoms with E-state index in [0.717, 1.165) is 10.7 Å². The van der Waals surface area contributed by atoms with Gasteiger partial charge >= 0.3 is 0 Å². The topological polar surface area (TPSA) is 179 Å². The minimum atomic E-state index is -4.06. The number of hydrogen-bond acceptors (Lipinski definition) is 11. The number of amides is 1. The van der Waals surface area contributed by atoms with Gasteiger partial charge < -0.3 is 10.2 Å². The number of carbonyl (C=O) groups excluding carboxylic acids is 1. The molecule has 0 unspecified atom stereocenters. The van der Waals surface area contributed by atoms with Gasteiger partial charge in [0, 0.05) is 31.1 Å². The Balaban J connectivity index is 2.05. The number of benzene rings is 1. The lowest BCUT2D eigenvalue weighted by Gasteiger charge is -2.24. The molecule has 2 N–H and O–H groups in total. The molecule has 208 valence electrons.